The molecule has 0 radical (unpaired) electrons. The number of imidazole rings is 1. The number of aromatic carboxylic acids is 1. The monoisotopic (exact) mass is 250 g/mol. The Morgan fingerprint density at radius 1 is 1.67 bits per heavy atom. The van der Waals surface area contributed by atoms with E-state index in [1.807, 2.05) is 17.7 Å². The largest absolute Gasteiger partial charge is 0.476 e. The van der Waals surface area contributed by atoms with Gasteiger partial charge in [-0.05, 0) is 6.92 Å². The Balaban J connectivity index is 1.81. The third-order valence-corrected chi connectivity index (χ3v) is 2.45. The molecule has 18 heavy (non-hydrogen) atoms. The zero-order valence-corrected chi connectivity index (χ0v) is 9.91. The second kappa shape index (κ2) is 5.46. The van der Waals surface area contributed by atoms with E-state index in [9.17, 15) is 4.79 Å². The SMILES string of the molecule is CC(Cn1ccnc1)NCc1cc(C(=O)O)no1. The summed E-state index contributed by atoms with van der Waals surface area (Å²) in [7, 11) is 0. The number of hydrogen-bond donors (Lipinski definition) is 2. The Labute approximate surface area is 103 Å². The summed E-state index contributed by atoms with van der Waals surface area (Å²) < 4.78 is 6.86. The molecule has 0 bridgehead atoms. The van der Waals surface area contributed by atoms with Gasteiger partial charge in [-0.3, -0.25) is 0 Å². The maximum absolute atomic E-state index is 10.6. The fourth-order valence-corrected chi connectivity index (χ4v) is 1.55. The van der Waals surface area contributed by atoms with Crippen molar-refractivity contribution in [2.24, 2.45) is 0 Å². The molecule has 0 aliphatic heterocycles. The van der Waals surface area contributed by atoms with Gasteiger partial charge in [0.15, 0.2) is 11.5 Å². The third kappa shape index (κ3) is 3.17. The average molecular weight is 250 g/mol. The molecule has 1 atom stereocenters. The third-order valence-electron chi connectivity index (χ3n) is 2.45. The molecule has 7 heteroatoms. The molecule has 1 unspecified atom stereocenters. The summed E-state index contributed by atoms with van der Waals surface area (Å²) in [5, 5.41) is 15.3. The minimum absolute atomic E-state index is 0.0749. The highest BCUT2D eigenvalue weighted by Gasteiger charge is 2.11. The van der Waals surface area contributed by atoms with Gasteiger partial charge in [0.05, 0.1) is 12.9 Å². The molecule has 0 saturated carbocycles. The fraction of sp³-hybridized carbons (Fsp3) is 0.364. The average Bonchev–Trinajstić information content (AvgIpc) is 2.96. The van der Waals surface area contributed by atoms with Crippen molar-refractivity contribution in [2.45, 2.75) is 26.1 Å². The second-order valence-electron chi connectivity index (χ2n) is 4.03. The number of carboxylic acids is 1. The van der Waals surface area contributed by atoms with Crippen LogP contribution < -0.4 is 5.32 Å². The molecule has 0 aliphatic carbocycles. The van der Waals surface area contributed by atoms with E-state index in [-0.39, 0.29) is 11.7 Å². The summed E-state index contributed by atoms with van der Waals surface area (Å²) in [5.74, 6) is -0.582. The van der Waals surface area contributed by atoms with Crippen molar-refractivity contribution in [2.75, 3.05) is 0 Å². The number of aromatic nitrogens is 3. The summed E-state index contributed by atoms with van der Waals surface area (Å²) in [6.07, 6.45) is 5.35. The van der Waals surface area contributed by atoms with Crippen molar-refractivity contribution in [3.63, 3.8) is 0 Å². The van der Waals surface area contributed by atoms with Crippen molar-refractivity contribution >= 4 is 5.97 Å². The number of hydrogen-bond acceptors (Lipinski definition) is 5. The Hall–Kier alpha value is -2.15. The predicted molar refractivity (Wildman–Crippen MR) is 62.0 cm³/mol. The van der Waals surface area contributed by atoms with Gasteiger partial charge in [-0.2, -0.15) is 0 Å². The number of nitrogens with one attached hydrogen (secondary N) is 1. The molecule has 0 spiro atoms. The van der Waals surface area contributed by atoms with Crippen LogP contribution in [0.3, 0.4) is 0 Å². The highest BCUT2D eigenvalue weighted by Crippen LogP contribution is 2.04. The molecule has 2 aromatic heterocycles. The first kappa shape index (κ1) is 12.3. The van der Waals surface area contributed by atoms with Crippen LogP contribution in [0.2, 0.25) is 0 Å². The van der Waals surface area contributed by atoms with Gasteiger partial charge in [0.2, 0.25) is 0 Å². The fourth-order valence-electron chi connectivity index (χ4n) is 1.55. The summed E-state index contributed by atoms with van der Waals surface area (Å²) in [4.78, 5) is 14.6. The summed E-state index contributed by atoms with van der Waals surface area (Å²) in [6, 6.07) is 1.62. The van der Waals surface area contributed by atoms with E-state index in [1.54, 1.807) is 12.5 Å². The number of rotatable bonds is 6. The standard InChI is InChI=1S/C11H14N4O3/c1-8(6-15-3-2-12-7-15)13-5-9-4-10(11(16)17)14-18-9/h2-4,7-8,13H,5-6H2,1H3,(H,16,17). The molecule has 0 aromatic carbocycles. The number of carboxylic acid groups (broad SMARTS) is 1. The molecular weight excluding hydrogens is 236 g/mol. The van der Waals surface area contributed by atoms with Crippen LogP contribution in [0.15, 0.2) is 29.3 Å². The van der Waals surface area contributed by atoms with Crippen molar-refractivity contribution in [3.05, 3.63) is 36.2 Å². The van der Waals surface area contributed by atoms with Crippen LogP contribution in [-0.2, 0) is 13.1 Å². The quantitative estimate of drug-likeness (QED) is 0.785. The molecule has 2 rings (SSSR count). The van der Waals surface area contributed by atoms with Crippen LogP contribution in [0, 0.1) is 0 Å². The lowest BCUT2D eigenvalue weighted by molar-refractivity contribution is 0.0685. The normalized spacial score (nSPS) is 12.5. The molecule has 7 nitrogen and oxygen atoms in total. The van der Waals surface area contributed by atoms with Crippen LogP contribution in [0.1, 0.15) is 23.2 Å². The topological polar surface area (TPSA) is 93.2 Å². The Bertz CT molecular complexity index is 506. The Morgan fingerprint density at radius 2 is 2.50 bits per heavy atom. The van der Waals surface area contributed by atoms with Crippen molar-refractivity contribution in [1.29, 1.82) is 0 Å². The van der Waals surface area contributed by atoms with Gasteiger partial charge in [-0.1, -0.05) is 5.16 Å². The first-order valence-electron chi connectivity index (χ1n) is 5.53. The van der Waals surface area contributed by atoms with E-state index in [1.165, 1.54) is 6.07 Å². The van der Waals surface area contributed by atoms with Crippen LogP contribution in [0.5, 0.6) is 0 Å². The van der Waals surface area contributed by atoms with Crippen molar-refractivity contribution in [3.8, 4) is 0 Å². The highest BCUT2D eigenvalue weighted by molar-refractivity contribution is 5.85. The molecule has 2 aromatic rings. The lowest BCUT2D eigenvalue weighted by Crippen LogP contribution is -2.29. The van der Waals surface area contributed by atoms with Gasteiger partial charge in [-0.15, -0.1) is 0 Å². The molecule has 2 heterocycles. The Morgan fingerprint density at radius 3 is 3.11 bits per heavy atom. The van der Waals surface area contributed by atoms with Crippen LogP contribution in [-0.4, -0.2) is 31.8 Å². The minimum Gasteiger partial charge on any atom is -0.476 e. The smallest absolute Gasteiger partial charge is 0.358 e. The van der Waals surface area contributed by atoms with Crippen molar-refractivity contribution < 1.29 is 14.4 Å². The molecule has 0 amide bonds. The zero-order chi connectivity index (χ0) is 13.0. The maximum atomic E-state index is 10.6. The summed E-state index contributed by atoms with van der Waals surface area (Å²) in [5.41, 5.74) is -0.0749. The molecule has 0 fully saturated rings. The zero-order valence-electron chi connectivity index (χ0n) is 9.91. The van der Waals surface area contributed by atoms with Gasteiger partial charge in [0.25, 0.3) is 0 Å². The van der Waals surface area contributed by atoms with E-state index >= 15 is 0 Å². The molecule has 96 valence electrons. The van der Waals surface area contributed by atoms with Gasteiger partial charge in [0, 0.05) is 31.0 Å². The van der Waals surface area contributed by atoms with Crippen LogP contribution >= 0.6 is 0 Å². The molecule has 0 saturated heterocycles. The van der Waals surface area contributed by atoms with Crippen molar-refractivity contribution in [1.82, 2.24) is 20.0 Å². The minimum atomic E-state index is -1.09. The molecule has 0 aliphatic rings. The lowest BCUT2D eigenvalue weighted by Gasteiger charge is -2.12. The first-order chi connectivity index (χ1) is 8.65. The second-order valence-corrected chi connectivity index (χ2v) is 4.03. The highest BCUT2D eigenvalue weighted by atomic mass is 16.5. The van der Waals surface area contributed by atoms with Crippen LogP contribution in [0.25, 0.3) is 0 Å². The molecular formula is C11H14N4O3. The van der Waals surface area contributed by atoms with Crippen LogP contribution in [0.4, 0.5) is 0 Å². The van der Waals surface area contributed by atoms with Gasteiger partial charge in [0.1, 0.15) is 0 Å². The van der Waals surface area contributed by atoms with Gasteiger partial charge in [-0.25, -0.2) is 9.78 Å². The first-order valence-corrected chi connectivity index (χ1v) is 5.53. The maximum Gasteiger partial charge on any atom is 0.358 e. The summed E-state index contributed by atoms with van der Waals surface area (Å²) >= 11 is 0. The van der Waals surface area contributed by atoms with Gasteiger partial charge >= 0.3 is 5.97 Å². The van der Waals surface area contributed by atoms with E-state index in [0.29, 0.717) is 12.3 Å². The van der Waals surface area contributed by atoms with E-state index < -0.39 is 5.97 Å². The number of carbonyl (C=O) groups is 1. The lowest BCUT2D eigenvalue weighted by atomic mass is 10.3. The molecule has 2 N–H and O–H groups in total. The van der Waals surface area contributed by atoms with E-state index in [2.05, 4.69) is 15.5 Å². The Kier molecular flexibility index (Phi) is 3.73. The number of nitrogens with zero attached hydrogens (tertiary/aromatic N) is 3. The predicted octanol–water partition coefficient (Wildman–Crippen LogP) is 0.748. The summed E-state index contributed by atoms with van der Waals surface area (Å²) in [6.45, 7) is 3.24. The van der Waals surface area contributed by atoms with E-state index in [4.69, 9.17) is 9.63 Å². The van der Waals surface area contributed by atoms with Gasteiger partial charge < -0.3 is 19.5 Å². The van der Waals surface area contributed by atoms with E-state index in [0.717, 1.165) is 6.54 Å².